The van der Waals surface area contributed by atoms with E-state index in [-0.39, 0.29) is 30.7 Å². The van der Waals surface area contributed by atoms with E-state index >= 15 is 0 Å². The smallest absolute Gasteiger partial charge is 0.270 e. The Balaban J connectivity index is 1.39. The molecule has 1 aromatic heterocycles. The zero-order valence-corrected chi connectivity index (χ0v) is 18.8. The molecule has 2 aromatic carbocycles. The third kappa shape index (κ3) is 4.59. The Kier molecular flexibility index (Phi) is 6.17. The van der Waals surface area contributed by atoms with Crippen LogP contribution in [0, 0.1) is 19.8 Å². The second-order valence-electron chi connectivity index (χ2n) is 8.04. The van der Waals surface area contributed by atoms with Gasteiger partial charge in [0.1, 0.15) is 5.75 Å². The molecule has 0 aliphatic carbocycles. The van der Waals surface area contributed by atoms with Crippen LogP contribution in [0.3, 0.4) is 0 Å². The van der Waals surface area contributed by atoms with Crippen LogP contribution in [-0.2, 0) is 9.59 Å². The zero-order valence-electron chi connectivity index (χ0n) is 18.8. The highest BCUT2D eigenvalue weighted by Gasteiger charge is 2.36. The zero-order chi connectivity index (χ0) is 23.5. The molecule has 2 N–H and O–H groups in total. The molecule has 0 saturated carbocycles. The van der Waals surface area contributed by atoms with Crippen LogP contribution >= 0.6 is 0 Å². The average Bonchev–Trinajstić information content (AvgIpc) is 3.36. The molecule has 170 valence electrons. The topological polar surface area (TPSA) is 92.7 Å². The summed E-state index contributed by atoms with van der Waals surface area (Å²) in [6, 6.07) is 17.8. The lowest BCUT2D eigenvalue weighted by atomic mass is 10.1. The van der Waals surface area contributed by atoms with E-state index in [1.165, 1.54) is 0 Å². The minimum atomic E-state index is -0.481. The standard InChI is InChI=1S/C25H26N4O4/c1-16-8-9-17(2)29(16)27-25(32)18-10-12-20(13-11-18)26-24(31)19-14-23(30)28(15-19)21-6-4-5-7-22(21)33-3/h4-13,19H,14-15H2,1-3H3,(H,26,31)(H,27,32)/t19-/m1/s1. The normalized spacial score (nSPS) is 15.4. The van der Waals surface area contributed by atoms with Crippen molar-refractivity contribution in [2.24, 2.45) is 5.92 Å². The summed E-state index contributed by atoms with van der Waals surface area (Å²) < 4.78 is 7.07. The molecule has 0 radical (unpaired) electrons. The van der Waals surface area contributed by atoms with Gasteiger partial charge in [0.25, 0.3) is 5.91 Å². The summed E-state index contributed by atoms with van der Waals surface area (Å²) in [6.45, 7) is 4.10. The van der Waals surface area contributed by atoms with Crippen LogP contribution < -0.4 is 20.4 Å². The number of hydrogen-bond acceptors (Lipinski definition) is 4. The molecule has 1 saturated heterocycles. The first kappa shape index (κ1) is 22.1. The van der Waals surface area contributed by atoms with Gasteiger partial charge in [-0.1, -0.05) is 12.1 Å². The molecule has 3 amide bonds. The maximum absolute atomic E-state index is 12.8. The number of carbonyl (C=O) groups is 3. The van der Waals surface area contributed by atoms with Gasteiger partial charge in [-0.25, -0.2) is 0 Å². The van der Waals surface area contributed by atoms with E-state index in [0.717, 1.165) is 11.4 Å². The van der Waals surface area contributed by atoms with Crippen molar-refractivity contribution < 1.29 is 19.1 Å². The van der Waals surface area contributed by atoms with Gasteiger partial charge in [0.2, 0.25) is 11.8 Å². The number of ether oxygens (including phenoxy) is 1. The van der Waals surface area contributed by atoms with E-state index in [9.17, 15) is 14.4 Å². The molecule has 0 bridgehead atoms. The van der Waals surface area contributed by atoms with E-state index < -0.39 is 5.92 Å². The van der Waals surface area contributed by atoms with Crippen molar-refractivity contribution in [1.82, 2.24) is 4.68 Å². The van der Waals surface area contributed by atoms with Crippen LogP contribution in [0.2, 0.25) is 0 Å². The van der Waals surface area contributed by atoms with Crippen molar-refractivity contribution >= 4 is 29.1 Å². The van der Waals surface area contributed by atoms with Gasteiger partial charge in [-0.05, 0) is 62.4 Å². The summed E-state index contributed by atoms with van der Waals surface area (Å²) in [6.07, 6.45) is 0.125. The minimum absolute atomic E-state index is 0.123. The predicted octanol–water partition coefficient (Wildman–Crippen LogP) is 3.49. The number of nitrogens with zero attached hydrogens (tertiary/aromatic N) is 2. The van der Waals surface area contributed by atoms with Crippen molar-refractivity contribution in [1.29, 1.82) is 0 Å². The van der Waals surface area contributed by atoms with E-state index in [1.807, 2.05) is 38.1 Å². The van der Waals surface area contributed by atoms with Crippen LogP contribution in [-0.4, -0.2) is 36.1 Å². The van der Waals surface area contributed by atoms with Crippen LogP contribution in [0.1, 0.15) is 28.2 Å². The van der Waals surface area contributed by atoms with Gasteiger partial charge in [0.05, 0.1) is 18.7 Å². The summed E-state index contributed by atoms with van der Waals surface area (Å²) in [5.74, 6) is -0.501. The van der Waals surface area contributed by atoms with Crippen molar-refractivity contribution in [2.75, 3.05) is 29.3 Å². The van der Waals surface area contributed by atoms with Gasteiger partial charge in [-0.2, -0.15) is 0 Å². The number of amides is 3. The maximum atomic E-state index is 12.8. The van der Waals surface area contributed by atoms with E-state index in [1.54, 1.807) is 53.1 Å². The number of methoxy groups -OCH3 is 1. The summed E-state index contributed by atoms with van der Waals surface area (Å²) in [5, 5.41) is 2.85. The fourth-order valence-corrected chi connectivity index (χ4v) is 3.93. The number of benzene rings is 2. The molecule has 8 heteroatoms. The Bertz CT molecular complexity index is 1180. The van der Waals surface area contributed by atoms with Gasteiger partial charge in [-0.15, -0.1) is 0 Å². The number of hydrogen-bond donors (Lipinski definition) is 2. The summed E-state index contributed by atoms with van der Waals surface area (Å²) >= 11 is 0. The SMILES string of the molecule is COc1ccccc1N1C[C@H](C(=O)Nc2ccc(C(=O)Nn3c(C)ccc3C)cc2)CC1=O. The van der Waals surface area contributed by atoms with Crippen molar-refractivity contribution in [2.45, 2.75) is 20.3 Å². The van der Waals surface area contributed by atoms with Crippen LogP contribution in [0.5, 0.6) is 5.75 Å². The minimum Gasteiger partial charge on any atom is -0.495 e. The van der Waals surface area contributed by atoms with Gasteiger partial charge < -0.3 is 15.0 Å². The van der Waals surface area contributed by atoms with E-state index in [4.69, 9.17) is 4.74 Å². The van der Waals surface area contributed by atoms with Crippen LogP contribution in [0.15, 0.2) is 60.7 Å². The third-order valence-electron chi connectivity index (χ3n) is 5.77. The first-order valence-electron chi connectivity index (χ1n) is 10.7. The number of rotatable bonds is 6. The van der Waals surface area contributed by atoms with Crippen LogP contribution in [0.4, 0.5) is 11.4 Å². The molecule has 33 heavy (non-hydrogen) atoms. The van der Waals surface area contributed by atoms with E-state index in [0.29, 0.717) is 22.7 Å². The Labute approximate surface area is 192 Å². The molecule has 3 aromatic rings. The molecule has 8 nitrogen and oxygen atoms in total. The number of aromatic nitrogens is 1. The fourth-order valence-electron chi connectivity index (χ4n) is 3.93. The molecular formula is C25H26N4O4. The van der Waals surface area contributed by atoms with Gasteiger partial charge in [-0.3, -0.25) is 24.5 Å². The molecular weight excluding hydrogens is 420 g/mol. The number of aryl methyl sites for hydroxylation is 2. The van der Waals surface area contributed by atoms with Gasteiger partial charge >= 0.3 is 0 Å². The second-order valence-corrected chi connectivity index (χ2v) is 8.04. The molecule has 4 rings (SSSR count). The first-order chi connectivity index (χ1) is 15.9. The number of anilines is 2. The molecule has 0 unspecified atom stereocenters. The lowest BCUT2D eigenvalue weighted by molar-refractivity contribution is -0.122. The molecule has 2 heterocycles. The Morgan fingerprint density at radius 1 is 0.970 bits per heavy atom. The highest BCUT2D eigenvalue weighted by molar-refractivity contribution is 6.04. The summed E-state index contributed by atoms with van der Waals surface area (Å²) in [7, 11) is 1.55. The molecule has 0 spiro atoms. The Morgan fingerprint density at radius 3 is 2.30 bits per heavy atom. The number of carbonyl (C=O) groups excluding carboxylic acids is 3. The molecule has 1 atom stereocenters. The molecule has 1 aliphatic heterocycles. The largest absolute Gasteiger partial charge is 0.495 e. The van der Waals surface area contributed by atoms with Crippen molar-refractivity contribution in [3.8, 4) is 5.75 Å². The van der Waals surface area contributed by atoms with Crippen LogP contribution in [0.25, 0.3) is 0 Å². The van der Waals surface area contributed by atoms with Crippen molar-refractivity contribution in [3.05, 3.63) is 77.6 Å². The number of nitrogens with one attached hydrogen (secondary N) is 2. The van der Waals surface area contributed by atoms with Gasteiger partial charge in [0, 0.05) is 35.6 Å². The summed E-state index contributed by atoms with van der Waals surface area (Å²) in [5.41, 5.74) is 6.40. The number of para-hydroxylation sites is 2. The molecule has 1 aliphatic rings. The highest BCUT2D eigenvalue weighted by atomic mass is 16.5. The fraction of sp³-hybridized carbons (Fsp3) is 0.240. The molecule has 1 fully saturated rings. The van der Waals surface area contributed by atoms with E-state index in [2.05, 4.69) is 10.7 Å². The quantitative estimate of drug-likeness (QED) is 0.606. The van der Waals surface area contributed by atoms with Crippen molar-refractivity contribution in [3.63, 3.8) is 0 Å². The Hall–Kier alpha value is -4.07. The average molecular weight is 447 g/mol. The van der Waals surface area contributed by atoms with Gasteiger partial charge in [0.15, 0.2) is 0 Å². The summed E-state index contributed by atoms with van der Waals surface area (Å²) in [4.78, 5) is 39.5. The Morgan fingerprint density at radius 2 is 1.64 bits per heavy atom. The lowest BCUT2D eigenvalue weighted by Crippen LogP contribution is -2.28. The monoisotopic (exact) mass is 446 g/mol. The third-order valence-corrected chi connectivity index (χ3v) is 5.77. The maximum Gasteiger partial charge on any atom is 0.270 e. The first-order valence-corrected chi connectivity index (χ1v) is 10.7. The lowest BCUT2D eigenvalue weighted by Gasteiger charge is -2.19. The second kappa shape index (κ2) is 9.20. The highest BCUT2D eigenvalue weighted by Crippen LogP contribution is 2.33. The predicted molar refractivity (Wildman–Crippen MR) is 126 cm³/mol.